The van der Waals surface area contributed by atoms with Gasteiger partial charge >= 0.3 is 0 Å². The van der Waals surface area contributed by atoms with Crippen molar-refractivity contribution in [2.75, 3.05) is 48.8 Å². The molecule has 0 spiro atoms. The summed E-state index contributed by atoms with van der Waals surface area (Å²) in [7, 11) is -3.67. The van der Waals surface area contributed by atoms with E-state index in [-0.39, 0.29) is 35.1 Å². The number of carbonyl (C=O) groups excluding carboxylic acids is 2. The molecule has 12 heteroatoms. The zero-order valence-corrected chi connectivity index (χ0v) is 22.1. The second kappa shape index (κ2) is 10.9. The van der Waals surface area contributed by atoms with E-state index in [1.54, 1.807) is 34.1 Å². The number of nitrogens with two attached hydrogens (primary N) is 2. The Hall–Kier alpha value is -3.83. The van der Waals surface area contributed by atoms with Gasteiger partial charge in [-0.3, -0.25) is 9.59 Å². The minimum absolute atomic E-state index is 0.105. The lowest BCUT2D eigenvalue weighted by Gasteiger charge is -2.38. The summed E-state index contributed by atoms with van der Waals surface area (Å²) in [5, 5.41) is 3.10. The summed E-state index contributed by atoms with van der Waals surface area (Å²) in [6.07, 6.45) is 1.03. The molecule has 1 saturated heterocycles. The fourth-order valence-corrected chi connectivity index (χ4v) is 5.29. The first-order valence-electron chi connectivity index (χ1n) is 11.7. The first kappa shape index (κ1) is 27.2. The van der Waals surface area contributed by atoms with E-state index in [1.807, 2.05) is 0 Å². The van der Waals surface area contributed by atoms with Crippen LogP contribution >= 0.6 is 11.6 Å². The highest BCUT2D eigenvalue weighted by Gasteiger charge is 2.31. The summed E-state index contributed by atoms with van der Waals surface area (Å²) >= 11 is 5.97. The van der Waals surface area contributed by atoms with Crippen LogP contribution in [-0.4, -0.2) is 57.6 Å². The molecule has 1 fully saturated rings. The highest BCUT2D eigenvalue weighted by molar-refractivity contribution is 7.90. The number of amides is 2. The highest BCUT2D eigenvalue weighted by atomic mass is 35.5. The Labute approximate surface area is 225 Å². The molecule has 1 heterocycles. The van der Waals surface area contributed by atoms with Crippen LogP contribution in [0.1, 0.15) is 22.0 Å². The van der Waals surface area contributed by atoms with Crippen LogP contribution in [0.4, 0.5) is 21.5 Å². The van der Waals surface area contributed by atoms with Gasteiger partial charge in [0.25, 0.3) is 5.91 Å². The van der Waals surface area contributed by atoms with E-state index in [2.05, 4.69) is 5.32 Å². The maximum Gasteiger partial charge on any atom is 0.252 e. The second-order valence-electron chi connectivity index (χ2n) is 9.01. The molecule has 3 aromatic rings. The molecule has 5 N–H and O–H groups in total. The SMILES string of the molecule is CS(=O)(=O)c1cc(F)ccc1N1CCN(C(=O)[C@H](NC(=O)c2ccc(Cl)c(N)c2)c2ccc(N)cc2)CC1. The number of hydrogen-bond donors (Lipinski definition) is 3. The summed E-state index contributed by atoms with van der Waals surface area (Å²) in [6.45, 7) is 1.15. The van der Waals surface area contributed by atoms with E-state index in [0.717, 1.165) is 12.3 Å². The van der Waals surface area contributed by atoms with E-state index >= 15 is 0 Å². The summed E-state index contributed by atoms with van der Waals surface area (Å²) in [4.78, 5) is 30.0. The molecule has 3 aromatic carbocycles. The number of nitrogen functional groups attached to an aromatic ring is 2. The molecule has 4 rings (SSSR count). The van der Waals surface area contributed by atoms with Gasteiger partial charge in [-0.2, -0.15) is 0 Å². The molecule has 200 valence electrons. The molecule has 0 unspecified atom stereocenters. The average Bonchev–Trinajstić information content (AvgIpc) is 2.88. The number of rotatable bonds is 6. The maximum absolute atomic E-state index is 13.8. The quantitative estimate of drug-likeness (QED) is 0.395. The molecule has 38 heavy (non-hydrogen) atoms. The minimum Gasteiger partial charge on any atom is -0.399 e. The number of sulfone groups is 1. The lowest BCUT2D eigenvalue weighted by Crippen LogP contribution is -2.52. The Kier molecular flexibility index (Phi) is 7.79. The van der Waals surface area contributed by atoms with Gasteiger partial charge in [0.1, 0.15) is 11.9 Å². The number of carbonyl (C=O) groups is 2. The molecule has 1 aliphatic rings. The van der Waals surface area contributed by atoms with Crippen molar-refractivity contribution in [1.29, 1.82) is 0 Å². The Bertz CT molecular complexity index is 1480. The van der Waals surface area contributed by atoms with E-state index in [9.17, 15) is 22.4 Å². The van der Waals surface area contributed by atoms with Gasteiger partial charge in [0.15, 0.2) is 9.84 Å². The van der Waals surface area contributed by atoms with Gasteiger partial charge in [0.05, 0.1) is 21.3 Å². The molecule has 0 bridgehead atoms. The van der Waals surface area contributed by atoms with Gasteiger partial charge in [0, 0.05) is 43.7 Å². The molecule has 0 saturated carbocycles. The van der Waals surface area contributed by atoms with Crippen molar-refractivity contribution < 1.29 is 22.4 Å². The topological polar surface area (TPSA) is 139 Å². The molecule has 0 aromatic heterocycles. The van der Waals surface area contributed by atoms with Crippen LogP contribution in [-0.2, 0) is 14.6 Å². The van der Waals surface area contributed by atoms with Gasteiger partial charge in [-0.1, -0.05) is 23.7 Å². The third-order valence-corrected chi connectivity index (χ3v) is 7.77. The van der Waals surface area contributed by atoms with Crippen LogP contribution in [0, 0.1) is 5.82 Å². The summed E-state index contributed by atoms with van der Waals surface area (Å²) in [5.74, 6) is -1.49. The Morgan fingerprint density at radius 2 is 1.63 bits per heavy atom. The Balaban J connectivity index is 1.55. The predicted octanol–water partition coefficient (Wildman–Crippen LogP) is 2.87. The van der Waals surface area contributed by atoms with Gasteiger partial charge < -0.3 is 26.6 Å². The zero-order chi connectivity index (χ0) is 27.6. The lowest BCUT2D eigenvalue weighted by molar-refractivity contribution is -0.133. The van der Waals surface area contributed by atoms with Crippen LogP contribution in [0.15, 0.2) is 65.6 Å². The van der Waals surface area contributed by atoms with Gasteiger partial charge in [-0.25, -0.2) is 12.8 Å². The van der Waals surface area contributed by atoms with E-state index in [0.29, 0.717) is 35.1 Å². The molecule has 0 radical (unpaired) electrons. The number of hydrogen-bond acceptors (Lipinski definition) is 7. The van der Waals surface area contributed by atoms with Gasteiger partial charge in [0.2, 0.25) is 5.91 Å². The van der Waals surface area contributed by atoms with Crippen molar-refractivity contribution in [3.8, 4) is 0 Å². The third-order valence-electron chi connectivity index (χ3n) is 6.30. The third kappa shape index (κ3) is 6.00. The fraction of sp³-hybridized carbons (Fsp3) is 0.231. The van der Waals surface area contributed by atoms with Crippen LogP contribution < -0.4 is 21.7 Å². The largest absolute Gasteiger partial charge is 0.399 e. The van der Waals surface area contributed by atoms with Crippen molar-refractivity contribution in [2.45, 2.75) is 10.9 Å². The summed E-state index contributed by atoms with van der Waals surface area (Å²) in [5.41, 5.74) is 13.6. The van der Waals surface area contributed by atoms with Gasteiger partial charge in [-0.15, -0.1) is 0 Å². The number of halogens is 2. The Morgan fingerprint density at radius 1 is 0.974 bits per heavy atom. The van der Waals surface area contributed by atoms with Crippen LogP contribution in [0.2, 0.25) is 5.02 Å². The zero-order valence-electron chi connectivity index (χ0n) is 20.5. The average molecular weight is 560 g/mol. The first-order chi connectivity index (χ1) is 17.9. The van der Waals surface area contributed by atoms with E-state index in [1.165, 1.54) is 30.3 Å². The summed E-state index contributed by atoms with van der Waals surface area (Å²) in [6, 6.07) is 13.7. The van der Waals surface area contributed by atoms with E-state index < -0.39 is 27.6 Å². The van der Waals surface area contributed by atoms with Crippen LogP contribution in [0.25, 0.3) is 0 Å². The molecule has 2 amide bonds. The first-order valence-corrected chi connectivity index (χ1v) is 14.0. The summed E-state index contributed by atoms with van der Waals surface area (Å²) < 4.78 is 38.2. The van der Waals surface area contributed by atoms with Crippen LogP contribution in [0.3, 0.4) is 0 Å². The van der Waals surface area contributed by atoms with Crippen molar-refractivity contribution in [1.82, 2.24) is 10.2 Å². The van der Waals surface area contributed by atoms with Crippen LogP contribution in [0.5, 0.6) is 0 Å². The number of piperazine rings is 1. The van der Waals surface area contributed by atoms with E-state index in [4.69, 9.17) is 23.1 Å². The van der Waals surface area contributed by atoms with Crippen molar-refractivity contribution >= 4 is 50.3 Å². The number of nitrogens with one attached hydrogen (secondary N) is 1. The molecule has 1 atom stereocenters. The Morgan fingerprint density at radius 3 is 2.24 bits per heavy atom. The predicted molar refractivity (Wildman–Crippen MR) is 145 cm³/mol. The van der Waals surface area contributed by atoms with Gasteiger partial charge in [-0.05, 0) is 54.1 Å². The smallest absolute Gasteiger partial charge is 0.252 e. The molecular weight excluding hydrogens is 533 g/mol. The molecule has 1 aliphatic heterocycles. The number of nitrogens with zero attached hydrogens (tertiary/aromatic N) is 2. The molecular formula is C26H27ClFN5O4S. The molecule has 9 nitrogen and oxygen atoms in total. The maximum atomic E-state index is 13.8. The van der Waals surface area contributed by atoms with Crippen molar-refractivity contribution in [3.05, 3.63) is 82.6 Å². The second-order valence-corrected chi connectivity index (χ2v) is 11.4. The number of benzene rings is 3. The van der Waals surface area contributed by atoms with Crippen molar-refractivity contribution in [3.63, 3.8) is 0 Å². The minimum atomic E-state index is -3.67. The molecule has 0 aliphatic carbocycles. The lowest BCUT2D eigenvalue weighted by atomic mass is 10.0. The normalized spacial score (nSPS) is 14.7. The highest BCUT2D eigenvalue weighted by Crippen LogP contribution is 2.28. The van der Waals surface area contributed by atoms with Crippen molar-refractivity contribution in [2.24, 2.45) is 0 Å². The monoisotopic (exact) mass is 559 g/mol. The number of anilines is 3. The standard InChI is InChI=1S/C26H27ClFN5O4S/c1-38(36,37)23-15-18(28)5-9-22(23)32-10-12-33(13-11-32)26(35)24(16-2-6-19(29)7-3-16)31-25(34)17-4-8-20(27)21(30)14-17/h2-9,14-15,24H,10-13,29-30H2,1H3,(H,31,34)/t24-/m1/s1. The fourth-order valence-electron chi connectivity index (χ4n) is 4.27.